The second kappa shape index (κ2) is 9.82. The van der Waals surface area contributed by atoms with Gasteiger partial charge in [-0.3, -0.25) is 4.55 Å². The van der Waals surface area contributed by atoms with Crippen molar-refractivity contribution in [2.75, 3.05) is 24.7 Å². The second-order valence-electron chi connectivity index (χ2n) is 6.04. The van der Waals surface area contributed by atoms with E-state index in [1.807, 2.05) is 0 Å². The highest BCUT2D eigenvalue weighted by Gasteiger charge is 2.20. The van der Waals surface area contributed by atoms with Crippen molar-refractivity contribution in [3.8, 4) is 0 Å². The summed E-state index contributed by atoms with van der Waals surface area (Å²) in [6.07, 6.45) is 0. The maximum Gasteiger partial charge on any atom is 0.397 e. The largest absolute Gasteiger partial charge is 0.478 e. The summed E-state index contributed by atoms with van der Waals surface area (Å²) in [5.74, 6) is -3.49. The molecule has 0 atom stereocenters. The van der Waals surface area contributed by atoms with Crippen LogP contribution in [0.3, 0.4) is 0 Å². The van der Waals surface area contributed by atoms with Gasteiger partial charge in [-0.2, -0.15) is 13.5 Å². The van der Waals surface area contributed by atoms with E-state index in [1.165, 1.54) is 25.2 Å². The van der Waals surface area contributed by atoms with Gasteiger partial charge in [0.05, 0.1) is 34.1 Å². The molecule has 0 aliphatic heterocycles. The lowest BCUT2D eigenvalue weighted by Crippen LogP contribution is -2.15. The molecule has 2 aromatic rings. The van der Waals surface area contributed by atoms with E-state index in [4.69, 9.17) is 4.55 Å². The quantitative estimate of drug-likeness (QED) is 0.282. The molecule has 0 aliphatic rings. The number of sulfone groups is 1. The normalized spacial score (nSPS) is 12.1. The van der Waals surface area contributed by atoms with E-state index in [2.05, 4.69) is 19.7 Å². The van der Waals surface area contributed by atoms with Gasteiger partial charge in [0.1, 0.15) is 5.69 Å². The third-order valence-electron chi connectivity index (χ3n) is 3.92. The van der Waals surface area contributed by atoms with Gasteiger partial charge in [0.2, 0.25) is 0 Å². The van der Waals surface area contributed by atoms with Gasteiger partial charge < -0.3 is 15.5 Å². The SMILES string of the molecule is CNc1ccc(/N=N/c2cc(S(=O)(=O)CCOS(=O)(=O)O)ccc2C(=O)O)cc1C(=O)O. The lowest BCUT2D eigenvalue weighted by Gasteiger charge is -2.07. The first-order valence-electron chi connectivity index (χ1n) is 8.53. The molecule has 172 valence electrons. The number of carbonyl (C=O) groups is 2. The lowest BCUT2D eigenvalue weighted by molar-refractivity contribution is 0.0687. The van der Waals surface area contributed by atoms with E-state index in [0.29, 0.717) is 5.69 Å². The summed E-state index contributed by atoms with van der Waals surface area (Å²) in [5, 5.41) is 28.8. The van der Waals surface area contributed by atoms with Gasteiger partial charge in [-0.1, -0.05) is 0 Å². The van der Waals surface area contributed by atoms with E-state index in [9.17, 15) is 36.6 Å². The Kier molecular flexibility index (Phi) is 7.63. The minimum absolute atomic E-state index is 0.0625. The Morgan fingerprint density at radius 3 is 2.19 bits per heavy atom. The van der Waals surface area contributed by atoms with E-state index in [0.717, 1.165) is 18.2 Å². The first-order chi connectivity index (χ1) is 14.8. The molecule has 0 aromatic heterocycles. The Bertz CT molecular complexity index is 1290. The van der Waals surface area contributed by atoms with Crippen LogP contribution in [-0.2, 0) is 24.4 Å². The van der Waals surface area contributed by atoms with Gasteiger partial charge in [-0.25, -0.2) is 22.2 Å². The second-order valence-corrected chi connectivity index (χ2v) is 9.24. The van der Waals surface area contributed by atoms with Crippen LogP contribution in [0.5, 0.6) is 0 Å². The fraction of sp³-hybridized carbons (Fsp3) is 0.176. The van der Waals surface area contributed by atoms with Crippen LogP contribution in [0.4, 0.5) is 17.1 Å². The van der Waals surface area contributed by atoms with Gasteiger partial charge in [0, 0.05) is 12.7 Å². The molecule has 0 heterocycles. The zero-order valence-electron chi connectivity index (χ0n) is 16.3. The molecule has 0 aliphatic carbocycles. The first kappa shape index (κ1) is 24.9. The molecule has 0 spiro atoms. The topological polar surface area (TPSA) is 209 Å². The minimum Gasteiger partial charge on any atom is -0.478 e. The summed E-state index contributed by atoms with van der Waals surface area (Å²) < 4.78 is 58.4. The average molecular weight is 487 g/mol. The number of carboxylic acid groups (broad SMARTS) is 2. The number of carboxylic acids is 2. The molecule has 0 amide bonds. The van der Waals surface area contributed by atoms with Crippen molar-refractivity contribution in [3.05, 3.63) is 47.5 Å². The molecule has 0 saturated heterocycles. The molecular formula is C17H17N3O10S2. The molecule has 0 fully saturated rings. The van der Waals surface area contributed by atoms with E-state index in [-0.39, 0.29) is 22.5 Å². The van der Waals surface area contributed by atoms with Crippen LogP contribution in [0.1, 0.15) is 20.7 Å². The van der Waals surface area contributed by atoms with E-state index < -0.39 is 49.4 Å². The summed E-state index contributed by atoms with van der Waals surface area (Å²) in [7, 11) is -7.45. The summed E-state index contributed by atoms with van der Waals surface area (Å²) >= 11 is 0. The van der Waals surface area contributed by atoms with Crippen LogP contribution in [-0.4, -0.2) is 62.9 Å². The Balaban J connectivity index is 2.41. The molecule has 4 N–H and O–H groups in total. The van der Waals surface area contributed by atoms with Gasteiger partial charge in [0.15, 0.2) is 9.84 Å². The van der Waals surface area contributed by atoms with E-state index >= 15 is 0 Å². The van der Waals surface area contributed by atoms with Gasteiger partial charge in [-0.05, 0) is 36.4 Å². The highest BCUT2D eigenvalue weighted by Crippen LogP contribution is 2.28. The Morgan fingerprint density at radius 2 is 1.62 bits per heavy atom. The molecule has 2 aromatic carbocycles. The monoisotopic (exact) mass is 487 g/mol. The zero-order valence-corrected chi connectivity index (χ0v) is 17.9. The Morgan fingerprint density at radius 1 is 0.969 bits per heavy atom. The van der Waals surface area contributed by atoms with Crippen molar-refractivity contribution in [2.45, 2.75) is 4.90 Å². The molecule has 13 nitrogen and oxygen atoms in total. The van der Waals surface area contributed by atoms with Crippen LogP contribution < -0.4 is 5.32 Å². The summed E-state index contributed by atoms with van der Waals surface area (Å²) in [6.45, 7) is -0.867. The summed E-state index contributed by atoms with van der Waals surface area (Å²) in [4.78, 5) is 22.4. The van der Waals surface area contributed by atoms with Gasteiger partial charge in [0.25, 0.3) is 0 Å². The summed E-state index contributed by atoms with van der Waals surface area (Å²) in [5.41, 5.74) is -0.468. The Labute approximate surface area is 182 Å². The van der Waals surface area contributed by atoms with Crippen molar-refractivity contribution in [1.29, 1.82) is 0 Å². The molecule has 0 bridgehead atoms. The number of hydrogen-bond donors (Lipinski definition) is 4. The molecule has 15 heteroatoms. The van der Waals surface area contributed by atoms with Crippen LogP contribution in [0.15, 0.2) is 51.5 Å². The van der Waals surface area contributed by atoms with Crippen molar-refractivity contribution in [3.63, 3.8) is 0 Å². The maximum absolute atomic E-state index is 12.4. The molecule has 2 rings (SSSR count). The molecular weight excluding hydrogens is 470 g/mol. The highest BCUT2D eigenvalue weighted by molar-refractivity contribution is 7.91. The van der Waals surface area contributed by atoms with Crippen LogP contribution in [0, 0.1) is 0 Å². The van der Waals surface area contributed by atoms with Crippen molar-refractivity contribution in [1.82, 2.24) is 0 Å². The molecule has 0 unspecified atom stereocenters. The molecule has 0 saturated carbocycles. The van der Waals surface area contributed by atoms with Gasteiger partial charge >= 0.3 is 22.3 Å². The number of nitrogens with zero attached hydrogens (tertiary/aromatic N) is 2. The van der Waals surface area contributed by atoms with E-state index in [1.54, 1.807) is 0 Å². The maximum atomic E-state index is 12.4. The standard InChI is InChI=1S/C17H17N3O10S2/c1-18-14-5-2-10(8-13(14)17(23)24)19-20-15-9-11(3-4-12(15)16(21)22)31(25,26)7-6-30-32(27,28)29/h2-5,8-9,18H,6-7H2,1H3,(H,21,22)(H,23,24)(H,27,28,29)/b20-19+. The summed E-state index contributed by atoms with van der Waals surface area (Å²) in [6, 6.07) is 6.89. The van der Waals surface area contributed by atoms with Gasteiger partial charge in [-0.15, -0.1) is 5.11 Å². The number of azo groups is 1. The fourth-order valence-electron chi connectivity index (χ4n) is 2.44. The predicted molar refractivity (Wildman–Crippen MR) is 110 cm³/mol. The molecule has 0 radical (unpaired) electrons. The predicted octanol–water partition coefficient (Wildman–Crippen LogP) is 2.13. The number of aromatic carboxylic acids is 2. The van der Waals surface area contributed by atoms with Crippen LogP contribution in [0.25, 0.3) is 0 Å². The fourth-order valence-corrected chi connectivity index (χ4v) is 3.94. The number of anilines is 1. The number of nitrogens with one attached hydrogen (secondary N) is 1. The number of hydrogen-bond acceptors (Lipinski definition) is 10. The number of rotatable bonds is 10. The number of benzene rings is 2. The first-order valence-corrected chi connectivity index (χ1v) is 11.5. The lowest BCUT2D eigenvalue weighted by atomic mass is 10.1. The smallest absolute Gasteiger partial charge is 0.397 e. The minimum atomic E-state index is -4.83. The zero-order chi connectivity index (χ0) is 24.1. The third-order valence-corrected chi connectivity index (χ3v) is 6.06. The van der Waals surface area contributed by atoms with Crippen molar-refractivity contribution >= 4 is 49.2 Å². The third kappa shape index (κ3) is 6.55. The highest BCUT2D eigenvalue weighted by atomic mass is 32.3. The molecule has 32 heavy (non-hydrogen) atoms. The Hall–Kier alpha value is -3.40. The van der Waals surface area contributed by atoms with Crippen LogP contribution in [0.2, 0.25) is 0 Å². The van der Waals surface area contributed by atoms with Crippen molar-refractivity contribution < 1.29 is 45.4 Å². The average Bonchev–Trinajstić information content (AvgIpc) is 2.70. The van der Waals surface area contributed by atoms with Crippen molar-refractivity contribution in [2.24, 2.45) is 10.2 Å². The van der Waals surface area contributed by atoms with Crippen LogP contribution >= 0.6 is 0 Å².